The first kappa shape index (κ1) is 25.9. The molecule has 1 heterocycles. The van der Waals surface area contributed by atoms with Gasteiger partial charge in [-0.2, -0.15) is 0 Å². The highest BCUT2D eigenvalue weighted by molar-refractivity contribution is 5.89. The molecule has 1 aromatic carbocycles. The van der Waals surface area contributed by atoms with Gasteiger partial charge in [0, 0.05) is 23.8 Å². The SMILES string of the molecule is CC(=O)O[C@H]1[C@H](OC(=O)c2ccccc2)[C@](C)(O)[C@](C)(/C=C/C2=CC(=O)OC2)[C@H]2CCC=C(C)[C@]12C. The van der Waals surface area contributed by atoms with Crippen LogP contribution >= 0.6 is 0 Å². The monoisotopic (exact) mass is 494 g/mol. The summed E-state index contributed by atoms with van der Waals surface area (Å²) in [4.78, 5) is 37.1. The van der Waals surface area contributed by atoms with Crippen LogP contribution in [-0.4, -0.2) is 47.4 Å². The van der Waals surface area contributed by atoms with Crippen LogP contribution in [0, 0.1) is 16.7 Å². The van der Waals surface area contributed by atoms with Crippen molar-refractivity contribution in [3.63, 3.8) is 0 Å². The van der Waals surface area contributed by atoms with Crippen LogP contribution in [0.15, 0.2) is 65.8 Å². The molecular weight excluding hydrogens is 460 g/mol. The molecule has 0 radical (unpaired) electrons. The summed E-state index contributed by atoms with van der Waals surface area (Å²) in [6.07, 6.45) is 6.72. The molecule has 6 atom stereocenters. The fraction of sp³-hybridized carbons (Fsp3) is 0.483. The number of benzene rings is 1. The quantitative estimate of drug-likeness (QED) is 0.370. The molecule has 0 spiro atoms. The maximum atomic E-state index is 13.2. The van der Waals surface area contributed by atoms with Gasteiger partial charge in [-0.3, -0.25) is 4.79 Å². The molecule has 0 amide bonds. The lowest BCUT2D eigenvalue weighted by Crippen LogP contribution is -2.72. The van der Waals surface area contributed by atoms with Crippen LogP contribution in [0.4, 0.5) is 0 Å². The number of cyclic esters (lactones) is 1. The van der Waals surface area contributed by atoms with Crippen molar-refractivity contribution in [3.05, 3.63) is 71.3 Å². The number of aliphatic hydroxyl groups is 1. The largest absolute Gasteiger partial charge is 0.458 e. The molecular formula is C29H34O7. The molecule has 192 valence electrons. The minimum absolute atomic E-state index is 0.157. The van der Waals surface area contributed by atoms with Gasteiger partial charge in [-0.25, -0.2) is 9.59 Å². The number of carbonyl (C=O) groups excluding carboxylic acids is 3. The third kappa shape index (κ3) is 4.19. The van der Waals surface area contributed by atoms with Gasteiger partial charge >= 0.3 is 17.9 Å². The number of allylic oxidation sites excluding steroid dienone is 1. The van der Waals surface area contributed by atoms with Gasteiger partial charge in [0.05, 0.1) is 5.56 Å². The molecule has 1 aliphatic heterocycles. The average molecular weight is 495 g/mol. The first-order valence-corrected chi connectivity index (χ1v) is 12.3. The molecule has 0 aromatic heterocycles. The fourth-order valence-electron chi connectivity index (χ4n) is 6.22. The topological polar surface area (TPSA) is 99.1 Å². The summed E-state index contributed by atoms with van der Waals surface area (Å²) < 4.78 is 17.0. The number of rotatable bonds is 5. The highest BCUT2D eigenvalue weighted by Crippen LogP contribution is 2.63. The Balaban J connectivity index is 1.85. The van der Waals surface area contributed by atoms with Gasteiger partial charge in [0.15, 0.2) is 12.2 Å². The standard InChI is InChI=1S/C29H34O7/c1-18-10-9-13-22-27(3,15-14-20-16-23(31)34-17-20)29(5,33)25(24(28(18,22)4)35-19(2)30)36-26(32)21-11-7-6-8-12-21/h6-8,10-12,14-16,22,24-25,33H,9,13,17H2,1-5H3/b15-14+/t22-,24+,25+,27-,28+,29+/m1/s1. The fourth-order valence-corrected chi connectivity index (χ4v) is 6.22. The summed E-state index contributed by atoms with van der Waals surface area (Å²) in [7, 11) is 0. The Hall–Kier alpha value is -3.19. The minimum atomic E-state index is -1.63. The Bertz CT molecular complexity index is 1150. The highest BCUT2D eigenvalue weighted by Gasteiger charge is 2.69. The summed E-state index contributed by atoms with van der Waals surface area (Å²) in [5.41, 5.74) is -1.21. The summed E-state index contributed by atoms with van der Waals surface area (Å²) in [5, 5.41) is 12.2. The average Bonchev–Trinajstić information content (AvgIpc) is 3.25. The van der Waals surface area contributed by atoms with E-state index in [4.69, 9.17) is 14.2 Å². The number of hydrogen-bond donors (Lipinski definition) is 1. The number of esters is 3. The molecule has 1 fully saturated rings. The van der Waals surface area contributed by atoms with Gasteiger partial charge in [0.25, 0.3) is 0 Å². The number of carbonyl (C=O) groups is 3. The number of fused-ring (bicyclic) bond motifs is 1. The van der Waals surface area contributed by atoms with Crippen molar-refractivity contribution in [1.29, 1.82) is 0 Å². The Morgan fingerprint density at radius 2 is 1.81 bits per heavy atom. The first-order valence-electron chi connectivity index (χ1n) is 12.3. The molecule has 7 nitrogen and oxygen atoms in total. The van der Waals surface area contributed by atoms with Crippen molar-refractivity contribution in [2.75, 3.05) is 6.61 Å². The van der Waals surface area contributed by atoms with Crippen molar-refractivity contribution in [2.45, 2.75) is 65.3 Å². The predicted octanol–water partition coefficient (Wildman–Crippen LogP) is 4.32. The molecule has 0 saturated heterocycles. The smallest absolute Gasteiger partial charge is 0.338 e. The lowest BCUT2D eigenvalue weighted by molar-refractivity contribution is -0.257. The first-order chi connectivity index (χ1) is 16.9. The van der Waals surface area contributed by atoms with Crippen molar-refractivity contribution in [2.24, 2.45) is 16.7 Å². The van der Waals surface area contributed by atoms with Gasteiger partial charge in [0.2, 0.25) is 0 Å². The summed E-state index contributed by atoms with van der Waals surface area (Å²) in [5.74, 6) is -1.68. The van der Waals surface area contributed by atoms with E-state index >= 15 is 0 Å². The van der Waals surface area contributed by atoms with Crippen molar-refractivity contribution in [1.82, 2.24) is 0 Å². The zero-order valence-electron chi connectivity index (χ0n) is 21.4. The summed E-state index contributed by atoms with van der Waals surface area (Å²) in [6.45, 7) is 9.07. The molecule has 7 heteroatoms. The number of ether oxygens (including phenoxy) is 3. The van der Waals surface area contributed by atoms with E-state index in [1.807, 2.05) is 26.8 Å². The van der Waals surface area contributed by atoms with Gasteiger partial charge < -0.3 is 19.3 Å². The van der Waals surface area contributed by atoms with Crippen LogP contribution in [0.25, 0.3) is 0 Å². The van der Waals surface area contributed by atoms with E-state index in [0.29, 0.717) is 11.1 Å². The summed E-state index contributed by atoms with van der Waals surface area (Å²) in [6, 6.07) is 8.54. The maximum absolute atomic E-state index is 13.2. The van der Waals surface area contributed by atoms with Gasteiger partial charge in [-0.1, -0.05) is 55.8 Å². The van der Waals surface area contributed by atoms with E-state index < -0.39 is 46.5 Å². The van der Waals surface area contributed by atoms with E-state index in [-0.39, 0.29) is 12.5 Å². The van der Waals surface area contributed by atoms with Crippen molar-refractivity contribution in [3.8, 4) is 0 Å². The van der Waals surface area contributed by atoms with Crippen molar-refractivity contribution >= 4 is 17.9 Å². The lowest BCUT2D eigenvalue weighted by Gasteiger charge is -2.64. The Morgan fingerprint density at radius 1 is 1.11 bits per heavy atom. The van der Waals surface area contributed by atoms with Crippen LogP contribution in [0.2, 0.25) is 0 Å². The molecule has 2 aliphatic carbocycles. The molecule has 4 rings (SSSR count). The summed E-state index contributed by atoms with van der Waals surface area (Å²) >= 11 is 0. The van der Waals surface area contributed by atoms with Crippen LogP contribution in [0.3, 0.4) is 0 Å². The minimum Gasteiger partial charge on any atom is -0.458 e. The van der Waals surface area contributed by atoms with E-state index in [1.165, 1.54) is 13.0 Å². The molecule has 36 heavy (non-hydrogen) atoms. The zero-order valence-corrected chi connectivity index (χ0v) is 21.4. The van der Waals surface area contributed by atoms with E-state index in [0.717, 1.165) is 18.4 Å². The molecule has 1 N–H and O–H groups in total. The van der Waals surface area contributed by atoms with Gasteiger partial charge in [0.1, 0.15) is 12.2 Å². The Kier molecular flexibility index (Phi) is 6.73. The van der Waals surface area contributed by atoms with Crippen LogP contribution in [0.1, 0.15) is 57.8 Å². The van der Waals surface area contributed by atoms with Crippen LogP contribution < -0.4 is 0 Å². The second-order valence-electron chi connectivity index (χ2n) is 10.6. The predicted molar refractivity (Wildman–Crippen MR) is 133 cm³/mol. The molecule has 1 aromatic rings. The van der Waals surface area contributed by atoms with E-state index in [9.17, 15) is 19.5 Å². The van der Waals surface area contributed by atoms with Crippen LogP contribution in [0.5, 0.6) is 0 Å². The van der Waals surface area contributed by atoms with Crippen LogP contribution in [-0.2, 0) is 23.8 Å². The van der Waals surface area contributed by atoms with E-state index in [2.05, 4.69) is 6.08 Å². The second-order valence-corrected chi connectivity index (χ2v) is 10.6. The third-order valence-corrected chi connectivity index (χ3v) is 8.58. The molecule has 0 bridgehead atoms. The maximum Gasteiger partial charge on any atom is 0.338 e. The van der Waals surface area contributed by atoms with Crippen molar-refractivity contribution < 1.29 is 33.7 Å². The molecule has 0 unspecified atom stereocenters. The Morgan fingerprint density at radius 3 is 2.42 bits per heavy atom. The highest BCUT2D eigenvalue weighted by atomic mass is 16.6. The third-order valence-electron chi connectivity index (χ3n) is 8.58. The van der Waals surface area contributed by atoms with Gasteiger partial charge in [-0.15, -0.1) is 0 Å². The number of hydrogen-bond acceptors (Lipinski definition) is 7. The molecule has 3 aliphatic rings. The normalized spacial score (nSPS) is 35.9. The van der Waals surface area contributed by atoms with Gasteiger partial charge in [-0.05, 0) is 50.3 Å². The van der Waals surface area contributed by atoms with E-state index in [1.54, 1.807) is 43.3 Å². The Labute approximate surface area is 211 Å². The lowest BCUT2D eigenvalue weighted by atomic mass is 9.44. The zero-order chi connectivity index (χ0) is 26.3. The second kappa shape index (κ2) is 9.36. The molecule has 1 saturated carbocycles.